The Morgan fingerprint density at radius 1 is 1.38 bits per heavy atom. The Morgan fingerprint density at radius 3 is 2.50 bits per heavy atom. The number of hydrogen-bond acceptors (Lipinski definition) is 2. The fourth-order valence-electron chi connectivity index (χ4n) is 2.24. The highest BCUT2D eigenvalue weighted by Gasteiger charge is 2.18. The third-order valence-corrected chi connectivity index (χ3v) is 3.58. The minimum Gasteiger partial charge on any atom is -0.478 e. The van der Waals surface area contributed by atoms with Gasteiger partial charge in [-0.25, -0.2) is 4.79 Å². The van der Waals surface area contributed by atoms with E-state index in [9.17, 15) is 4.79 Å². The van der Waals surface area contributed by atoms with E-state index in [-0.39, 0.29) is 0 Å². The quantitative estimate of drug-likeness (QED) is 0.707. The zero-order chi connectivity index (χ0) is 12.0. The minimum atomic E-state index is -0.823. The Morgan fingerprint density at radius 2 is 2.00 bits per heavy atom. The van der Waals surface area contributed by atoms with Gasteiger partial charge in [-0.1, -0.05) is 19.4 Å². The van der Waals surface area contributed by atoms with Crippen LogP contribution < -0.4 is 5.32 Å². The van der Waals surface area contributed by atoms with E-state index in [1.807, 2.05) is 0 Å². The van der Waals surface area contributed by atoms with Gasteiger partial charge >= 0.3 is 5.97 Å². The minimum absolute atomic E-state index is 0.426. The first-order valence-corrected chi connectivity index (χ1v) is 6.27. The first-order chi connectivity index (χ1) is 7.63. The molecular weight excluding hydrogens is 202 g/mol. The lowest BCUT2D eigenvalue weighted by Crippen LogP contribution is -2.33. The van der Waals surface area contributed by atoms with Crippen molar-refractivity contribution < 1.29 is 9.90 Å². The number of nitrogens with one attached hydrogen (secondary N) is 1. The number of carboxylic acid groups (broad SMARTS) is 1. The van der Waals surface area contributed by atoms with Gasteiger partial charge < -0.3 is 10.4 Å². The summed E-state index contributed by atoms with van der Waals surface area (Å²) in [5, 5.41) is 12.1. The Kier molecular flexibility index (Phi) is 5.53. The monoisotopic (exact) mass is 225 g/mol. The summed E-state index contributed by atoms with van der Waals surface area (Å²) in [5.74, 6) is 0.0887. The van der Waals surface area contributed by atoms with Crippen LogP contribution in [0.3, 0.4) is 0 Å². The molecule has 1 saturated carbocycles. The van der Waals surface area contributed by atoms with Gasteiger partial charge in [-0.3, -0.25) is 0 Å². The molecule has 0 heterocycles. The molecule has 0 aromatic heterocycles. The van der Waals surface area contributed by atoms with E-state index in [4.69, 9.17) is 5.11 Å². The van der Waals surface area contributed by atoms with Crippen molar-refractivity contribution in [2.75, 3.05) is 6.54 Å². The molecule has 0 spiro atoms. The molecule has 1 aliphatic rings. The van der Waals surface area contributed by atoms with Crippen LogP contribution in [-0.2, 0) is 4.79 Å². The summed E-state index contributed by atoms with van der Waals surface area (Å²) in [7, 11) is 0. The van der Waals surface area contributed by atoms with E-state index in [0.29, 0.717) is 18.2 Å². The number of hydrogen-bond donors (Lipinski definition) is 2. The van der Waals surface area contributed by atoms with E-state index >= 15 is 0 Å². The van der Waals surface area contributed by atoms with Gasteiger partial charge in [0.05, 0.1) is 0 Å². The van der Waals surface area contributed by atoms with Gasteiger partial charge in [0.25, 0.3) is 0 Å². The molecule has 1 aliphatic carbocycles. The molecule has 1 fully saturated rings. The van der Waals surface area contributed by atoms with E-state index in [1.54, 1.807) is 13.0 Å². The number of carbonyl (C=O) groups is 1. The largest absolute Gasteiger partial charge is 0.478 e. The molecule has 16 heavy (non-hydrogen) atoms. The smallest absolute Gasteiger partial charge is 0.330 e. The van der Waals surface area contributed by atoms with Crippen LogP contribution in [0.25, 0.3) is 0 Å². The van der Waals surface area contributed by atoms with Crippen LogP contribution in [0.2, 0.25) is 0 Å². The molecule has 0 unspecified atom stereocenters. The molecular formula is C13H23NO2. The lowest BCUT2D eigenvalue weighted by Gasteiger charge is -2.28. The first-order valence-electron chi connectivity index (χ1n) is 6.27. The van der Waals surface area contributed by atoms with Crippen molar-refractivity contribution in [3.63, 3.8) is 0 Å². The second-order valence-corrected chi connectivity index (χ2v) is 4.73. The maximum Gasteiger partial charge on any atom is 0.330 e. The summed E-state index contributed by atoms with van der Waals surface area (Å²) >= 11 is 0. The summed E-state index contributed by atoms with van der Waals surface area (Å²) in [4.78, 5) is 10.6. The van der Waals surface area contributed by atoms with E-state index in [0.717, 1.165) is 5.92 Å². The van der Waals surface area contributed by atoms with Gasteiger partial charge in [0, 0.05) is 18.2 Å². The van der Waals surface area contributed by atoms with Crippen molar-refractivity contribution in [2.45, 2.75) is 52.0 Å². The molecule has 2 N–H and O–H groups in total. The fraction of sp³-hybridized carbons (Fsp3) is 0.769. The van der Waals surface area contributed by atoms with Gasteiger partial charge in [-0.05, 0) is 38.5 Å². The maximum absolute atomic E-state index is 10.6. The van der Waals surface area contributed by atoms with Gasteiger partial charge in [-0.15, -0.1) is 0 Å². The van der Waals surface area contributed by atoms with Gasteiger partial charge in [0.15, 0.2) is 0 Å². The molecule has 92 valence electrons. The van der Waals surface area contributed by atoms with Gasteiger partial charge in [0.1, 0.15) is 0 Å². The lowest BCUT2D eigenvalue weighted by atomic mass is 9.84. The average Bonchev–Trinajstić information content (AvgIpc) is 2.29. The average molecular weight is 225 g/mol. The maximum atomic E-state index is 10.6. The van der Waals surface area contributed by atoms with Gasteiger partial charge in [-0.2, -0.15) is 0 Å². The highest BCUT2D eigenvalue weighted by Crippen LogP contribution is 2.26. The molecule has 0 saturated heterocycles. The Hall–Kier alpha value is -0.830. The topological polar surface area (TPSA) is 49.3 Å². The van der Waals surface area contributed by atoms with Crippen LogP contribution in [0.5, 0.6) is 0 Å². The van der Waals surface area contributed by atoms with Crippen LogP contribution in [-0.4, -0.2) is 23.7 Å². The molecule has 3 nitrogen and oxygen atoms in total. The van der Waals surface area contributed by atoms with Crippen molar-refractivity contribution in [3.05, 3.63) is 11.6 Å². The molecule has 0 amide bonds. The fourth-order valence-corrected chi connectivity index (χ4v) is 2.24. The second-order valence-electron chi connectivity index (χ2n) is 4.73. The Bertz CT molecular complexity index is 253. The van der Waals surface area contributed by atoms with Crippen molar-refractivity contribution >= 4 is 5.97 Å². The van der Waals surface area contributed by atoms with Crippen molar-refractivity contribution in [1.29, 1.82) is 0 Å². The highest BCUT2D eigenvalue weighted by atomic mass is 16.4. The van der Waals surface area contributed by atoms with Crippen LogP contribution in [0, 0.1) is 5.92 Å². The molecule has 0 aromatic rings. The molecule has 1 rings (SSSR count). The van der Waals surface area contributed by atoms with Crippen LogP contribution in [0.1, 0.15) is 46.0 Å². The third kappa shape index (κ3) is 4.35. The molecule has 0 aliphatic heterocycles. The molecule has 0 bridgehead atoms. The van der Waals surface area contributed by atoms with Crippen LogP contribution in [0.4, 0.5) is 0 Å². The number of carboxylic acids is 1. The molecule has 0 aromatic carbocycles. The van der Waals surface area contributed by atoms with E-state index < -0.39 is 5.97 Å². The predicted octanol–water partition coefficient (Wildman–Crippen LogP) is 2.58. The normalized spacial score (nSPS) is 26.8. The van der Waals surface area contributed by atoms with E-state index in [2.05, 4.69) is 12.2 Å². The summed E-state index contributed by atoms with van der Waals surface area (Å²) in [5.41, 5.74) is 0.426. The zero-order valence-corrected chi connectivity index (χ0v) is 10.3. The Labute approximate surface area is 97.9 Å². The third-order valence-electron chi connectivity index (χ3n) is 3.58. The molecule has 0 radical (unpaired) electrons. The number of aliphatic carboxylic acids is 1. The standard InChI is InChI=1S/C13H23NO2/c1-3-11-4-6-12(7-5-11)14-9-8-10(2)13(15)16/h8,11-12,14H,3-7,9H2,1-2H3,(H,15,16)/b10-8-. The lowest BCUT2D eigenvalue weighted by molar-refractivity contribution is -0.132. The number of rotatable bonds is 5. The van der Waals surface area contributed by atoms with Crippen LogP contribution >= 0.6 is 0 Å². The summed E-state index contributed by atoms with van der Waals surface area (Å²) in [6.07, 6.45) is 8.15. The molecule has 0 atom stereocenters. The first kappa shape index (κ1) is 13.2. The van der Waals surface area contributed by atoms with Crippen molar-refractivity contribution in [2.24, 2.45) is 5.92 Å². The zero-order valence-electron chi connectivity index (χ0n) is 10.3. The second kappa shape index (κ2) is 6.69. The van der Waals surface area contributed by atoms with Gasteiger partial charge in [0.2, 0.25) is 0 Å². The predicted molar refractivity (Wildman–Crippen MR) is 65.4 cm³/mol. The summed E-state index contributed by atoms with van der Waals surface area (Å²) in [6.45, 7) is 4.58. The molecule has 3 heteroatoms. The Balaban J connectivity index is 2.20. The highest BCUT2D eigenvalue weighted by molar-refractivity contribution is 5.85. The van der Waals surface area contributed by atoms with E-state index in [1.165, 1.54) is 32.1 Å². The van der Waals surface area contributed by atoms with Crippen molar-refractivity contribution in [1.82, 2.24) is 5.32 Å². The SMILES string of the molecule is CCC1CCC(NC/C=C(/C)C(=O)O)CC1. The summed E-state index contributed by atoms with van der Waals surface area (Å²) in [6, 6.07) is 0.584. The van der Waals surface area contributed by atoms with Crippen molar-refractivity contribution in [3.8, 4) is 0 Å². The van der Waals surface area contributed by atoms with Crippen LogP contribution in [0.15, 0.2) is 11.6 Å². The summed E-state index contributed by atoms with van der Waals surface area (Å²) < 4.78 is 0.